The average Bonchev–Trinajstić information content (AvgIpc) is 2.73. The van der Waals surface area contributed by atoms with Crippen LogP contribution in [0, 0.1) is 0 Å². The van der Waals surface area contributed by atoms with E-state index in [1.807, 2.05) is 0 Å². The van der Waals surface area contributed by atoms with Gasteiger partial charge in [-0.05, 0) is 67.6 Å². The topological polar surface area (TPSA) is 80.2 Å². The molecule has 0 aliphatic rings. The van der Waals surface area contributed by atoms with Crippen molar-refractivity contribution in [3.05, 3.63) is 80.7 Å². The maximum absolute atomic E-state index is 12.2. The number of aromatic hydroxyl groups is 1. The van der Waals surface area contributed by atoms with E-state index in [1.165, 1.54) is 12.3 Å². The number of phenolic OH excluding ortho intramolecular Hbond substituents is 1. The van der Waals surface area contributed by atoms with Crippen molar-refractivity contribution in [3.8, 4) is 23.0 Å². The number of nitrogens with one attached hydrogen (secondary N) is 1. The lowest BCUT2D eigenvalue weighted by molar-refractivity contribution is -0.127. The molecule has 31 heavy (non-hydrogen) atoms. The van der Waals surface area contributed by atoms with Crippen LogP contribution in [0.25, 0.3) is 0 Å². The second kappa shape index (κ2) is 10.5. The van der Waals surface area contributed by atoms with E-state index in [2.05, 4.69) is 26.5 Å². The second-order valence-corrected chi connectivity index (χ2v) is 8.10. The molecule has 0 aliphatic heterocycles. The second-order valence-electron chi connectivity index (χ2n) is 6.35. The molecule has 0 heterocycles. The van der Waals surface area contributed by atoms with Crippen molar-refractivity contribution in [2.75, 3.05) is 0 Å². The van der Waals surface area contributed by atoms with Gasteiger partial charge >= 0.3 is 0 Å². The first-order valence-corrected chi connectivity index (χ1v) is 10.6. The SMILES string of the molecule is CC(Oc1ccc(Oc2ccc(Cl)cc2Cl)cc1)C(=O)N/N=C/c1cc(Br)ccc1O. The minimum absolute atomic E-state index is 0.0488. The lowest BCUT2D eigenvalue weighted by Gasteiger charge is -2.14. The van der Waals surface area contributed by atoms with Crippen LogP contribution in [0.2, 0.25) is 10.0 Å². The fourth-order valence-corrected chi connectivity index (χ4v) is 3.24. The highest BCUT2D eigenvalue weighted by molar-refractivity contribution is 9.10. The number of carbonyl (C=O) groups excluding carboxylic acids is 1. The predicted molar refractivity (Wildman–Crippen MR) is 125 cm³/mol. The summed E-state index contributed by atoms with van der Waals surface area (Å²) < 4.78 is 12.1. The van der Waals surface area contributed by atoms with E-state index in [0.29, 0.717) is 32.9 Å². The lowest BCUT2D eigenvalue weighted by Crippen LogP contribution is -2.33. The first-order valence-electron chi connectivity index (χ1n) is 9.03. The van der Waals surface area contributed by atoms with Crippen molar-refractivity contribution in [2.24, 2.45) is 5.10 Å². The number of benzene rings is 3. The molecule has 0 spiro atoms. The number of nitrogens with zero attached hydrogens (tertiary/aromatic N) is 1. The van der Waals surface area contributed by atoms with Crippen LogP contribution < -0.4 is 14.9 Å². The van der Waals surface area contributed by atoms with Crippen LogP contribution in [0.4, 0.5) is 0 Å². The number of rotatable bonds is 7. The number of amides is 1. The largest absolute Gasteiger partial charge is 0.507 e. The molecular weight excluding hydrogens is 507 g/mol. The van der Waals surface area contributed by atoms with Gasteiger partial charge in [0, 0.05) is 15.1 Å². The first kappa shape index (κ1) is 22.9. The molecule has 6 nitrogen and oxygen atoms in total. The highest BCUT2D eigenvalue weighted by Gasteiger charge is 2.14. The summed E-state index contributed by atoms with van der Waals surface area (Å²) in [5.74, 6) is 1.10. The molecule has 3 aromatic rings. The third-order valence-electron chi connectivity index (χ3n) is 4.00. The maximum atomic E-state index is 12.2. The van der Waals surface area contributed by atoms with E-state index in [-0.39, 0.29) is 5.75 Å². The summed E-state index contributed by atoms with van der Waals surface area (Å²) in [5, 5.41) is 14.5. The van der Waals surface area contributed by atoms with E-state index in [4.69, 9.17) is 32.7 Å². The molecule has 0 fully saturated rings. The molecule has 0 radical (unpaired) electrons. The summed E-state index contributed by atoms with van der Waals surface area (Å²) in [7, 11) is 0. The third kappa shape index (κ3) is 6.62. The van der Waals surface area contributed by atoms with Gasteiger partial charge in [-0.1, -0.05) is 39.1 Å². The van der Waals surface area contributed by atoms with Gasteiger partial charge in [-0.3, -0.25) is 4.79 Å². The van der Waals surface area contributed by atoms with Gasteiger partial charge in [0.25, 0.3) is 5.91 Å². The van der Waals surface area contributed by atoms with Gasteiger partial charge < -0.3 is 14.6 Å². The van der Waals surface area contributed by atoms with Crippen molar-refractivity contribution < 1.29 is 19.4 Å². The zero-order chi connectivity index (χ0) is 22.4. The van der Waals surface area contributed by atoms with Gasteiger partial charge in [0.1, 0.15) is 23.0 Å². The summed E-state index contributed by atoms with van der Waals surface area (Å²) in [6.07, 6.45) is 0.546. The highest BCUT2D eigenvalue weighted by Crippen LogP contribution is 2.32. The van der Waals surface area contributed by atoms with Gasteiger partial charge in [0.2, 0.25) is 0 Å². The number of hydrogen-bond acceptors (Lipinski definition) is 5. The average molecular weight is 524 g/mol. The fraction of sp³-hybridized carbons (Fsp3) is 0.0909. The van der Waals surface area contributed by atoms with Crippen LogP contribution in [0.5, 0.6) is 23.0 Å². The molecule has 160 valence electrons. The molecule has 2 N–H and O–H groups in total. The molecule has 0 saturated heterocycles. The van der Waals surface area contributed by atoms with Crippen molar-refractivity contribution in [2.45, 2.75) is 13.0 Å². The fourth-order valence-electron chi connectivity index (χ4n) is 2.41. The molecule has 0 bridgehead atoms. The van der Waals surface area contributed by atoms with Crippen molar-refractivity contribution in [3.63, 3.8) is 0 Å². The Hall–Kier alpha value is -2.74. The predicted octanol–water partition coefficient (Wildman–Crippen LogP) is 6.17. The number of ether oxygens (including phenoxy) is 2. The zero-order valence-corrected chi connectivity index (χ0v) is 19.3. The van der Waals surface area contributed by atoms with Crippen LogP contribution in [0.3, 0.4) is 0 Å². The third-order valence-corrected chi connectivity index (χ3v) is 5.02. The Kier molecular flexibility index (Phi) is 7.79. The highest BCUT2D eigenvalue weighted by atomic mass is 79.9. The summed E-state index contributed by atoms with van der Waals surface area (Å²) in [5.41, 5.74) is 2.84. The van der Waals surface area contributed by atoms with Crippen molar-refractivity contribution in [1.29, 1.82) is 0 Å². The minimum atomic E-state index is -0.800. The smallest absolute Gasteiger partial charge is 0.280 e. The van der Waals surface area contributed by atoms with E-state index in [9.17, 15) is 9.90 Å². The van der Waals surface area contributed by atoms with Gasteiger partial charge in [-0.25, -0.2) is 5.43 Å². The van der Waals surface area contributed by atoms with Crippen LogP contribution >= 0.6 is 39.1 Å². The van der Waals surface area contributed by atoms with E-state index in [0.717, 1.165) is 4.47 Å². The molecule has 3 rings (SSSR count). The monoisotopic (exact) mass is 522 g/mol. The van der Waals surface area contributed by atoms with Crippen LogP contribution in [-0.2, 0) is 4.79 Å². The first-order chi connectivity index (χ1) is 14.8. The minimum Gasteiger partial charge on any atom is -0.507 e. The summed E-state index contributed by atoms with van der Waals surface area (Å²) >= 11 is 15.3. The van der Waals surface area contributed by atoms with Gasteiger partial charge in [0.15, 0.2) is 6.10 Å². The maximum Gasteiger partial charge on any atom is 0.280 e. The Morgan fingerprint density at radius 3 is 2.52 bits per heavy atom. The molecule has 0 aromatic heterocycles. The quantitative estimate of drug-likeness (QED) is 0.286. The summed E-state index contributed by atoms with van der Waals surface area (Å²) in [4.78, 5) is 12.2. The van der Waals surface area contributed by atoms with E-state index in [1.54, 1.807) is 61.5 Å². The van der Waals surface area contributed by atoms with Gasteiger partial charge in [-0.15, -0.1) is 0 Å². The number of phenols is 1. The lowest BCUT2D eigenvalue weighted by atomic mass is 10.2. The zero-order valence-electron chi connectivity index (χ0n) is 16.2. The van der Waals surface area contributed by atoms with Crippen LogP contribution in [0.15, 0.2) is 70.2 Å². The molecule has 1 atom stereocenters. The van der Waals surface area contributed by atoms with Gasteiger partial charge in [0.05, 0.1) is 11.2 Å². The normalized spacial score (nSPS) is 11.9. The standard InChI is InChI=1S/C22H17BrCl2N2O4/c1-13(22(29)27-26-12-14-10-15(23)2-8-20(14)28)30-17-4-6-18(7-5-17)31-21-9-3-16(24)11-19(21)25/h2-13,28H,1H3,(H,27,29)/b26-12+. The summed E-state index contributed by atoms with van der Waals surface area (Å²) in [6, 6.07) is 16.6. The Morgan fingerprint density at radius 1 is 1.10 bits per heavy atom. The number of halogens is 3. The number of hydrogen-bond donors (Lipinski definition) is 2. The van der Waals surface area contributed by atoms with Gasteiger partial charge in [-0.2, -0.15) is 5.10 Å². The van der Waals surface area contributed by atoms with E-state index >= 15 is 0 Å². The van der Waals surface area contributed by atoms with Crippen LogP contribution in [-0.4, -0.2) is 23.3 Å². The molecule has 3 aromatic carbocycles. The summed E-state index contributed by atoms with van der Waals surface area (Å²) in [6.45, 7) is 1.60. The molecule has 9 heteroatoms. The Bertz CT molecular complexity index is 1110. The van der Waals surface area contributed by atoms with E-state index < -0.39 is 12.0 Å². The molecule has 1 unspecified atom stereocenters. The molecule has 0 saturated carbocycles. The number of hydrazone groups is 1. The molecular formula is C22H17BrCl2N2O4. The van der Waals surface area contributed by atoms with Crippen molar-refractivity contribution >= 4 is 51.3 Å². The Labute approximate surface area is 197 Å². The molecule has 1 amide bonds. The Morgan fingerprint density at radius 2 is 1.81 bits per heavy atom. The van der Waals surface area contributed by atoms with Crippen LogP contribution in [0.1, 0.15) is 12.5 Å². The Balaban J connectivity index is 1.54. The number of carbonyl (C=O) groups is 1. The van der Waals surface area contributed by atoms with Crippen molar-refractivity contribution in [1.82, 2.24) is 5.43 Å². The molecule has 0 aliphatic carbocycles.